The monoisotopic (exact) mass is 240 g/mol. The Morgan fingerprint density at radius 1 is 1.50 bits per heavy atom. The van der Waals surface area contributed by atoms with Crippen molar-refractivity contribution in [2.24, 2.45) is 0 Å². The molecule has 0 saturated heterocycles. The highest BCUT2D eigenvalue weighted by Crippen LogP contribution is 2.28. The standard InChI is InChI=1S/C12H20N2OS/c1-9(8-16-4)14(2)12-6-5-10(15-3)7-11(12)13/h5-7,9H,8,13H2,1-4H3. The van der Waals surface area contributed by atoms with E-state index in [0.29, 0.717) is 6.04 Å². The van der Waals surface area contributed by atoms with E-state index in [1.54, 1.807) is 7.11 Å². The van der Waals surface area contributed by atoms with Crippen molar-refractivity contribution in [2.45, 2.75) is 13.0 Å². The topological polar surface area (TPSA) is 38.5 Å². The Kier molecular flexibility index (Phi) is 4.80. The minimum Gasteiger partial charge on any atom is -0.497 e. The Balaban J connectivity index is 2.87. The third kappa shape index (κ3) is 2.98. The van der Waals surface area contributed by atoms with E-state index in [1.807, 2.05) is 30.0 Å². The highest BCUT2D eigenvalue weighted by molar-refractivity contribution is 7.98. The molecule has 0 aliphatic heterocycles. The second kappa shape index (κ2) is 5.89. The molecule has 90 valence electrons. The number of ether oxygens (including phenoxy) is 1. The number of benzene rings is 1. The molecule has 4 heteroatoms. The van der Waals surface area contributed by atoms with E-state index in [0.717, 1.165) is 22.9 Å². The van der Waals surface area contributed by atoms with Crippen LogP contribution in [0.1, 0.15) is 6.92 Å². The summed E-state index contributed by atoms with van der Waals surface area (Å²) >= 11 is 1.84. The average molecular weight is 240 g/mol. The summed E-state index contributed by atoms with van der Waals surface area (Å²) in [6, 6.07) is 6.27. The Bertz CT molecular complexity index is 344. The van der Waals surface area contributed by atoms with Crippen molar-refractivity contribution in [3.8, 4) is 5.75 Å². The second-order valence-corrected chi connectivity index (χ2v) is 4.75. The van der Waals surface area contributed by atoms with E-state index in [-0.39, 0.29) is 0 Å². The first-order chi connectivity index (χ1) is 7.60. The molecule has 0 spiro atoms. The maximum Gasteiger partial charge on any atom is 0.121 e. The highest BCUT2D eigenvalue weighted by Gasteiger charge is 2.12. The normalized spacial score (nSPS) is 12.2. The number of rotatable bonds is 5. The fourth-order valence-corrected chi connectivity index (χ4v) is 2.28. The summed E-state index contributed by atoms with van der Waals surface area (Å²) in [4.78, 5) is 2.20. The molecule has 3 nitrogen and oxygen atoms in total. The van der Waals surface area contributed by atoms with Crippen molar-refractivity contribution in [3.63, 3.8) is 0 Å². The molecule has 0 saturated carbocycles. The molecule has 0 heterocycles. The summed E-state index contributed by atoms with van der Waals surface area (Å²) in [6.45, 7) is 2.19. The van der Waals surface area contributed by atoms with Gasteiger partial charge in [0.15, 0.2) is 0 Å². The van der Waals surface area contributed by atoms with Crippen molar-refractivity contribution in [3.05, 3.63) is 18.2 Å². The van der Waals surface area contributed by atoms with Crippen LogP contribution in [0, 0.1) is 0 Å². The number of methoxy groups -OCH3 is 1. The van der Waals surface area contributed by atoms with Gasteiger partial charge in [0.2, 0.25) is 0 Å². The van der Waals surface area contributed by atoms with Gasteiger partial charge >= 0.3 is 0 Å². The molecule has 0 bridgehead atoms. The van der Waals surface area contributed by atoms with Crippen LogP contribution < -0.4 is 15.4 Å². The van der Waals surface area contributed by atoms with Crippen LogP contribution in [-0.2, 0) is 0 Å². The van der Waals surface area contributed by atoms with E-state index >= 15 is 0 Å². The van der Waals surface area contributed by atoms with Crippen LogP contribution in [0.25, 0.3) is 0 Å². The van der Waals surface area contributed by atoms with Crippen molar-refractivity contribution >= 4 is 23.1 Å². The number of nitrogen functional groups attached to an aromatic ring is 1. The Morgan fingerprint density at radius 3 is 2.69 bits per heavy atom. The van der Waals surface area contributed by atoms with Gasteiger partial charge < -0.3 is 15.4 Å². The molecule has 0 radical (unpaired) electrons. The summed E-state index contributed by atoms with van der Waals surface area (Å²) in [6.07, 6.45) is 2.11. The van der Waals surface area contributed by atoms with Crippen LogP contribution in [0.3, 0.4) is 0 Å². The molecule has 0 aliphatic rings. The van der Waals surface area contributed by atoms with E-state index in [1.165, 1.54) is 0 Å². The first-order valence-corrected chi connectivity index (χ1v) is 6.64. The highest BCUT2D eigenvalue weighted by atomic mass is 32.2. The number of nitrogens with two attached hydrogens (primary N) is 1. The minimum atomic E-state index is 0.464. The number of thioether (sulfide) groups is 1. The van der Waals surface area contributed by atoms with Crippen LogP contribution in [0.4, 0.5) is 11.4 Å². The van der Waals surface area contributed by atoms with Crippen LogP contribution in [0.5, 0.6) is 5.75 Å². The SMILES string of the molecule is COc1ccc(N(C)C(C)CSC)c(N)c1. The van der Waals surface area contributed by atoms with Gasteiger partial charge in [-0.05, 0) is 25.3 Å². The average Bonchev–Trinajstić information content (AvgIpc) is 2.28. The van der Waals surface area contributed by atoms with Crippen LogP contribution in [0.2, 0.25) is 0 Å². The molecule has 1 rings (SSSR count). The second-order valence-electron chi connectivity index (χ2n) is 3.84. The summed E-state index contributed by atoms with van der Waals surface area (Å²) in [5.41, 5.74) is 7.82. The maximum absolute atomic E-state index is 6.00. The van der Waals surface area contributed by atoms with Crippen molar-refractivity contribution in [1.82, 2.24) is 0 Å². The lowest BCUT2D eigenvalue weighted by Crippen LogP contribution is -2.31. The van der Waals surface area contributed by atoms with E-state index in [4.69, 9.17) is 10.5 Å². The van der Waals surface area contributed by atoms with Crippen LogP contribution in [0.15, 0.2) is 18.2 Å². The molecule has 0 fully saturated rings. The van der Waals surface area contributed by atoms with Gasteiger partial charge in [0, 0.05) is 24.9 Å². The molecule has 2 N–H and O–H groups in total. The first kappa shape index (κ1) is 13.0. The third-order valence-corrected chi connectivity index (χ3v) is 3.50. The third-order valence-electron chi connectivity index (χ3n) is 2.68. The largest absolute Gasteiger partial charge is 0.497 e. The summed E-state index contributed by atoms with van der Waals surface area (Å²) in [5.74, 6) is 1.88. The molecule has 1 unspecified atom stereocenters. The van der Waals surface area contributed by atoms with Crippen molar-refractivity contribution in [2.75, 3.05) is 36.8 Å². The zero-order valence-corrected chi connectivity index (χ0v) is 11.2. The number of hydrogen-bond acceptors (Lipinski definition) is 4. The summed E-state index contributed by atoms with van der Waals surface area (Å²) in [7, 11) is 3.72. The van der Waals surface area contributed by atoms with Crippen molar-refractivity contribution < 1.29 is 4.74 Å². The van der Waals surface area contributed by atoms with Gasteiger partial charge in [-0.2, -0.15) is 11.8 Å². The quantitative estimate of drug-likeness (QED) is 0.802. The molecule has 1 atom stereocenters. The number of hydrogen-bond donors (Lipinski definition) is 1. The minimum absolute atomic E-state index is 0.464. The molecule has 0 amide bonds. The molecule has 16 heavy (non-hydrogen) atoms. The molecule has 0 aliphatic carbocycles. The summed E-state index contributed by atoms with van der Waals surface area (Å²) < 4.78 is 5.14. The Morgan fingerprint density at radius 2 is 2.19 bits per heavy atom. The molecule has 1 aromatic rings. The molecule has 1 aromatic carbocycles. The lowest BCUT2D eigenvalue weighted by molar-refractivity contribution is 0.415. The van der Waals surface area contributed by atoms with Gasteiger partial charge in [0.05, 0.1) is 18.5 Å². The van der Waals surface area contributed by atoms with Crippen LogP contribution in [-0.4, -0.2) is 32.2 Å². The van der Waals surface area contributed by atoms with Crippen molar-refractivity contribution in [1.29, 1.82) is 0 Å². The van der Waals surface area contributed by atoms with Gasteiger partial charge in [-0.1, -0.05) is 0 Å². The van der Waals surface area contributed by atoms with Crippen LogP contribution >= 0.6 is 11.8 Å². The van der Waals surface area contributed by atoms with Gasteiger partial charge in [-0.3, -0.25) is 0 Å². The fourth-order valence-electron chi connectivity index (χ4n) is 1.57. The predicted molar refractivity (Wildman–Crippen MR) is 73.7 cm³/mol. The predicted octanol–water partition coefficient (Wildman–Crippen LogP) is 2.47. The maximum atomic E-state index is 6.00. The van der Waals surface area contributed by atoms with E-state index in [9.17, 15) is 0 Å². The van der Waals surface area contributed by atoms with E-state index < -0.39 is 0 Å². The van der Waals surface area contributed by atoms with Gasteiger partial charge in [-0.15, -0.1) is 0 Å². The molecule has 0 aromatic heterocycles. The number of anilines is 2. The van der Waals surface area contributed by atoms with Gasteiger partial charge in [0.1, 0.15) is 5.75 Å². The summed E-state index contributed by atoms with van der Waals surface area (Å²) in [5, 5.41) is 0. The molecular weight excluding hydrogens is 220 g/mol. The zero-order valence-electron chi connectivity index (χ0n) is 10.4. The lowest BCUT2D eigenvalue weighted by Gasteiger charge is -2.27. The molecular formula is C12H20N2OS. The zero-order chi connectivity index (χ0) is 12.1. The Hall–Kier alpha value is -1.03. The van der Waals surface area contributed by atoms with E-state index in [2.05, 4.69) is 25.1 Å². The van der Waals surface area contributed by atoms with Gasteiger partial charge in [0.25, 0.3) is 0 Å². The fraction of sp³-hybridized carbons (Fsp3) is 0.500. The lowest BCUT2D eigenvalue weighted by atomic mass is 10.2. The Labute approximate surface area is 102 Å². The number of nitrogens with zero attached hydrogens (tertiary/aromatic N) is 1. The first-order valence-electron chi connectivity index (χ1n) is 5.25. The smallest absolute Gasteiger partial charge is 0.121 e. The van der Waals surface area contributed by atoms with Gasteiger partial charge in [-0.25, -0.2) is 0 Å².